The third-order valence-electron chi connectivity index (χ3n) is 4.94. The van der Waals surface area contributed by atoms with Gasteiger partial charge >= 0.3 is 0 Å². The molecule has 168 valence electrons. The van der Waals surface area contributed by atoms with Crippen molar-refractivity contribution in [2.24, 2.45) is 4.99 Å². The van der Waals surface area contributed by atoms with Gasteiger partial charge in [0.1, 0.15) is 11.6 Å². The highest BCUT2D eigenvalue weighted by molar-refractivity contribution is 5.79. The summed E-state index contributed by atoms with van der Waals surface area (Å²) in [6.45, 7) is 10.9. The molecule has 3 rings (SSSR count). The van der Waals surface area contributed by atoms with Crippen LogP contribution in [0.2, 0.25) is 0 Å². The Hall–Kier alpha value is -2.80. The summed E-state index contributed by atoms with van der Waals surface area (Å²) in [5.41, 5.74) is 1.09. The van der Waals surface area contributed by atoms with Crippen molar-refractivity contribution in [1.82, 2.24) is 15.6 Å². The molecular weight excluding hydrogens is 390 g/mol. The number of anilines is 1. The quantitative estimate of drug-likeness (QED) is 0.365. The zero-order valence-corrected chi connectivity index (χ0v) is 18.9. The number of nitrogens with zero attached hydrogens (tertiary/aromatic N) is 3. The summed E-state index contributed by atoms with van der Waals surface area (Å²) in [7, 11) is 0. The number of morpholine rings is 1. The van der Waals surface area contributed by atoms with E-state index in [9.17, 15) is 0 Å². The maximum absolute atomic E-state index is 5.81. The van der Waals surface area contributed by atoms with E-state index in [1.165, 1.54) is 0 Å². The molecule has 1 aromatic carbocycles. The first-order valence-electron chi connectivity index (χ1n) is 11.2. The molecule has 0 aliphatic carbocycles. The van der Waals surface area contributed by atoms with Gasteiger partial charge in [-0.3, -0.25) is 0 Å². The van der Waals surface area contributed by atoms with Crippen LogP contribution in [-0.4, -0.2) is 55.9 Å². The van der Waals surface area contributed by atoms with Crippen molar-refractivity contribution < 1.29 is 9.47 Å². The molecule has 0 amide bonds. The lowest BCUT2D eigenvalue weighted by atomic mass is 10.2. The van der Waals surface area contributed by atoms with E-state index in [0.29, 0.717) is 13.2 Å². The minimum atomic E-state index is 0.224. The van der Waals surface area contributed by atoms with Crippen LogP contribution in [0.3, 0.4) is 0 Å². The summed E-state index contributed by atoms with van der Waals surface area (Å²) in [6.07, 6.45) is 3.26. The SMILES string of the molecule is CCNC(=NCc1ccc(N2CC(C)OC(C)C2)nc1)NCCCOc1ccccc1. The standard InChI is InChI=1S/C24H35N5O2/c1-4-25-24(26-13-8-14-30-22-9-6-5-7-10-22)28-16-21-11-12-23(27-15-21)29-17-19(2)31-20(3)18-29/h5-7,9-12,15,19-20H,4,8,13-14,16-18H2,1-3H3,(H2,25,26,28). The molecule has 2 atom stereocenters. The molecule has 0 bridgehead atoms. The number of hydrogen-bond acceptors (Lipinski definition) is 5. The Morgan fingerprint density at radius 1 is 1.13 bits per heavy atom. The first-order chi connectivity index (χ1) is 15.1. The lowest BCUT2D eigenvalue weighted by Crippen LogP contribution is -2.45. The number of ether oxygens (including phenoxy) is 2. The zero-order chi connectivity index (χ0) is 21.9. The van der Waals surface area contributed by atoms with Crippen LogP contribution in [-0.2, 0) is 11.3 Å². The smallest absolute Gasteiger partial charge is 0.191 e. The summed E-state index contributed by atoms with van der Waals surface area (Å²) < 4.78 is 11.5. The van der Waals surface area contributed by atoms with Gasteiger partial charge in [-0.2, -0.15) is 0 Å². The fourth-order valence-electron chi connectivity index (χ4n) is 3.56. The fourth-order valence-corrected chi connectivity index (χ4v) is 3.56. The van der Waals surface area contributed by atoms with Gasteiger partial charge in [0.05, 0.1) is 25.4 Å². The number of para-hydroxylation sites is 1. The van der Waals surface area contributed by atoms with E-state index in [-0.39, 0.29) is 12.2 Å². The molecule has 7 nitrogen and oxygen atoms in total. The normalized spacial score (nSPS) is 19.2. The molecule has 1 aliphatic rings. The van der Waals surface area contributed by atoms with Gasteiger partial charge in [0.25, 0.3) is 0 Å². The minimum Gasteiger partial charge on any atom is -0.494 e. The maximum atomic E-state index is 5.81. The lowest BCUT2D eigenvalue weighted by molar-refractivity contribution is -0.00545. The van der Waals surface area contributed by atoms with Gasteiger partial charge in [0.15, 0.2) is 5.96 Å². The van der Waals surface area contributed by atoms with Crippen LogP contribution in [0, 0.1) is 0 Å². The molecule has 1 fully saturated rings. The molecule has 1 aromatic heterocycles. The summed E-state index contributed by atoms with van der Waals surface area (Å²) in [4.78, 5) is 11.6. The molecule has 31 heavy (non-hydrogen) atoms. The topological polar surface area (TPSA) is 71.0 Å². The maximum Gasteiger partial charge on any atom is 0.191 e. The number of pyridine rings is 1. The Labute approximate surface area is 185 Å². The highest BCUT2D eigenvalue weighted by Gasteiger charge is 2.22. The first kappa shape index (κ1) is 22.9. The van der Waals surface area contributed by atoms with E-state index in [2.05, 4.69) is 58.4 Å². The summed E-state index contributed by atoms with van der Waals surface area (Å²) in [5.74, 6) is 2.71. The van der Waals surface area contributed by atoms with Crippen molar-refractivity contribution >= 4 is 11.8 Å². The Kier molecular flexibility index (Phi) is 8.97. The van der Waals surface area contributed by atoms with Crippen LogP contribution in [0.5, 0.6) is 5.75 Å². The van der Waals surface area contributed by atoms with Crippen molar-refractivity contribution in [1.29, 1.82) is 0 Å². The summed E-state index contributed by atoms with van der Waals surface area (Å²) >= 11 is 0. The third kappa shape index (κ3) is 7.75. The first-order valence-corrected chi connectivity index (χ1v) is 11.2. The predicted octanol–water partition coefficient (Wildman–Crippen LogP) is 3.22. The van der Waals surface area contributed by atoms with Crippen molar-refractivity contribution in [3.8, 4) is 5.75 Å². The Bertz CT molecular complexity index is 787. The Morgan fingerprint density at radius 3 is 2.58 bits per heavy atom. The number of aliphatic imine (C=N–C) groups is 1. The van der Waals surface area contributed by atoms with Gasteiger partial charge < -0.3 is 25.0 Å². The van der Waals surface area contributed by atoms with E-state index in [4.69, 9.17) is 9.47 Å². The van der Waals surface area contributed by atoms with Crippen molar-refractivity contribution in [2.45, 2.75) is 45.9 Å². The molecule has 2 unspecified atom stereocenters. The van der Waals surface area contributed by atoms with Crippen LogP contribution in [0.4, 0.5) is 5.82 Å². The average Bonchev–Trinajstić information content (AvgIpc) is 2.77. The van der Waals surface area contributed by atoms with Crippen LogP contribution in [0.25, 0.3) is 0 Å². The number of benzene rings is 1. The molecule has 2 aromatic rings. The second kappa shape index (κ2) is 12.2. The van der Waals surface area contributed by atoms with Crippen LogP contribution in [0.1, 0.15) is 32.8 Å². The second-order valence-corrected chi connectivity index (χ2v) is 7.82. The Balaban J connectivity index is 1.44. The molecule has 2 heterocycles. The van der Waals surface area contributed by atoms with Crippen molar-refractivity contribution in [3.05, 3.63) is 54.2 Å². The zero-order valence-electron chi connectivity index (χ0n) is 18.9. The van der Waals surface area contributed by atoms with Gasteiger partial charge in [0, 0.05) is 32.4 Å². The number of guanidine groups is 1. The van der Waals surface area contributed by atoms with E-state index >= 15 is 0 Å². The van der Waals surface area contributed by atoms with E-state index in [1.807, 2.05) is 36.5 Å². The van der Waals surface area contributed by atoms with Crippen LogP contribution in [0.15, 0.2) is 53.7 Å². The molecule has 0 radical (unpaired) electrons. The van der Waals surface area contributed by atoms with Gasteiger partial charge in [0.2, 0.25) is 0 Å². The summed E-state index contributed by atoms with van der Waals surface area (Å²) in [5, 5.41) is 6.66. The monoisotopic (exact) mass is 425 g/mol. The second-order valence-electron chi connectivity index (χ2n) is 7.82. The van der Waals surface area contributed by atoms with E-state index < -0.39 is 0 Å². The molecule has 0 saturated carbocycles. The number of aromatic nitrogens is 1. The highest BCUT2D eigenvalue weighted by Crippen LogP contribution is 2.18. The molecular formula is C24H35N5O2. The van der Waals surface area contributed by atoms with Crippen LogP contribution >= 0.6 is 0 Å². The molecule has 2 N–H and O–H groups in total. The van der Waals surface area contributed by atoms with Gasteiger partial charge in [-0.15, -0.1) is 0 Å². The van der Waals surface area contributed by atoms with Gasteiger partial charge in [-0.1, -0.05) is 24.3 Å². The number of hydrogen-bond donors (Lipinski definition) is 2. The average molecular weight is 426 g/mol. The minimum absolute atomic E-state index is 0.224. The fraction of sp³-hybridized carbons (Fsp3) is 0.500. The largest absolute Gasteiger partial charge is 0.494 e. The Morgan fingerprint density at radius 2 is 1.90 bits per heavy atom. The number of rotatable bonds is 9. The molecule has 1 saturated heterocycles. The predicted molar refractivity (Wildman–Crippen MR) is 126 cm³/mol. The van der Waals surface area contributed by atoms with E-state index in [0.717, 1.165) is 55.7 Å². The molecule has 7 heteroatoms. The van der Waals surface area contributed by atoms with Crippen molar-refractivity contribution in [3.63, 3.8) is 0 Å². The molecule has 1 aliphatic heterocycles. The highest BCUT2D eigenvalue weighted by atomic mass is 16.5. The van der Waals surface area contributed by atoms with Gasteiger partial charge in [-0.05, 0) is 51.0 Å². The van der Waals surface area contributed by atoms with Crippen LogP contribution < -0.4 is 20.3 Å². The van der Waals surface area contributed by atoms with Crippen molar-refractivity contribution in [2.75, 3.05) is 37.7 Å². The summed E-state index contributed by atoms with van der Waals surface area (Å²) in [6, 6.07) is 14.1. The van der Waals surface area contributed by atoms with E-state index in [1.54, 1.807) is 0 Å². The lowest BCUT2D eigenvalue weighted by Gasteiger charge is -2.36. The van der Waals surface area contributed by atoms with Gasteiger partial charge in [-0.25, -0.2) is 9.98 Å². The molecule has 0 spiro atoms. The number of nitrogens with one attached hydrogen (secondary N) is 2. The third-order valence-corrected chi connectivity index (χ3v) is 4.94.